The van der Waals surface area contributed by atoms with E-state index in [1.54, 1.807) is 30.5 Å². The maximum Gasteiger partial charge on any atom is 0.287 e. The van der Waals surface area contributed by atoms with Gasteiger partial charge in [0.2, 0.25) is 0 Å². The van der Waals surface area contributed by atoms with Gasteiger partial charge in [0.1, 0.15) is 16.8 Å². The first-order chi connectivity index (χ1) is 13.7. The molecule has 2 heterocycles. The third-order valence-corrected chi connectivity index (χ3v) is 4.32. The highest BCUT2D eigenvalue weighted by Gasteiger charge is 2.11. The van der Waals surface area contributed by atoms with Crippen LogP contribution in [0.15, 0.2) is 76.1 Å². The van der Waals surface area contributed by atoms with Crippen molar-refractivity contribution in [3.05, 3.63) is 82.8 Å². The lowest BCUT2D eigenvalue weighted by atomic mass is 10.2. The molecule has 2 aromatic heterocycles. The summed E-state index contributed by atoms with van der Waals surface area (Å²) in [5.74, 6) is 0.294. The van der Waals surface area contributed by atoms with Gasteiger partial charge in [0.05, 0.1) is 12.0 Å². The quantitative estimate of drug-likeness (QED) is 0.522. The lowest BCUT2D eigenvalue weighted by Gasteiger charge is -2.09. The Morgan fingerprint density at radius 3 is 2.86 bits per heavy atom. The van der Waals surface area contributed by atoms with Crippen LogP contribution in [0.5, 0.6) is 5.75 Å². The van der Waals surface area contributed by atoms with E-state index < -0.39 is 5.91 Å². The Balaban J connectivity index is 1.33. The van der Waals surface area contributed by atoms with E-state index in [0.29, 0.717) is 36.3 Å². The van der Waals surface area contributed by atoms with Crippen molar-refractivity contribution >= 4 is 27.8 Å². The van der Waals surface area contributed by atoms with E-state index in [-0.39, 0.29) is 11.2 Å². The molecular formula is C22H18N2O4. The third kappa shape index (κ3) is 3.71. The van der Waals surface area contributed by atoms with Gasteiger partial charge in [-0.3, -0.25) is 14.6 Å². The molecule has 4 aromatic rings. The number of pyridine rings is 1. The standard InChI is InChI=1S/C22H18N2O4/c25-17-14-20(28-18-9-2-1-8-16(17)18)22(26)24-12-5-13-27-19-10-3-6-15-7-4-11-23-21(15)19/h1-4,6-11,14H,5,12-13H2,(H,24,26). The molecule has 0 atom stereocenters. The fourth-order valence-corrected chi connectivity index (χ4v) is 2.95. The van der Waals surface area contributed by atoms with E-state index in [4.69, 9.17) is 9.15 Å². The maximum atomic E-state index is 12.3. The van der Waals surface area contributed by atoms with Crippen LogP contribution in [0.25, 0.3) is 21.9 Å². The number of benzene rings is 2. The predicted octanol–water partition coefficient (Wildman–Crippen LogP) is 3.54. The number of amides is 1. The minimum Gasteiger partial charge on any atom is -0.491 e. The summed E-state index contributed by atoms with van der Waals surface area (Å²) in [6.07, 6.45) is 2.33. The molecule has 1 amide bonds. The zero-order valence-electron chi connectivity index (χ0n) is 15.1. The molecule has 28 heavy (non-hydrogen) atoms. The molecule has 6 heteroatoms. The Kier molecular flexibility index (Phi) is 5.01. The summed E-state index contributed by atoms with van der Waals surface area (Å²) in [6, 6.07) is 17.7. The van der Waals surface area contributed by atoms with Crippen LogP contribution in [-0.4, -0.2) is 24.0 Å². The second-order valence-electron chi connectivity index (χ2n) is 6.26. The summed E-state index contributed by atoms with van der Waals surface area (Å²) in [5.41, 5.74) is 0.970. The SMILES string of the molecule is O=C(NCCCOc1cccc2cccnc12)c1cc(=O)c2ccccc2o1. The summed E-state index contributed by atoms with van der Waals surface area (Å²) in [4.78, 5) is 28.7. The second-order valence-corrected chi connectivity index (χ2v) is 6.26. The smallest absolute Gasteiger partial charge is 0.287 e. The van der Waals surface area contributed by atoms with Gasteiger partial charge in [0.15, 0.2) is 11.2 Å². The van der Waals surface area contributed by atoms with E-state index >= 15 is 0 Å². The van der Waals surface area contributed by atoms with Crippen LogP contribution < -0.4 is 15.5 Å². The molecule has 0 saturated carbocycles. The van der Waals surface area contributed by atoms with Crippen LogP contribution in [0.2, 0.25) is 0 Å². The lowest BCUT2D eigenvalue weighted by Crippen LogP contribution is -2.26. The second kappa shape index (κ2) is 7.92. The van der Waals surface area contributed by atoms with Gasteiger partial charge in [0.25, 0.3) is 5.91 Å². The average Bonchev–Trinajstić information content (AvgIpc) is 2.73. The molecule has 1 N–H and O–H groups in total. The Bertz CT molecular complexity index is 1190. The number of hydrogen-bond donors (Lipinski definition) is 1. The molecule has 0 aliphatic carbocycles. The van der Waals surface area contributed by atoms with Gasteiger partial charge in [-0.2, -0.15) is 0 Å². The highest BCUT2D eigenvalue weighted by Crippen LogP contribution is 2.22. The van der Waals surface area contributed by atoms with E-state index in [2.05, 4.69) is 10.3 Å². The van der Waals surface area contributed by atoms with Crippen LogP contribution in [0.1, 0.15) is 17.0 Å². The zero-order chi connectivity index (χ0) is 19.3. The van der Waals surface area contributed by atoms with Crippen LogP contribution in [0.4, 0.5) is 0 Å². The molecule has 140 valence electrons. The number of para-hydroxylation sites is 2. The molecule has 4 rings (SSSR count). The molecule has 0 bridgehead atoms. The molecule has 0 saturated heterocycles. The molecule has 2 aromatic carbocycles. The first kappa shape index (κ1) is 17.7. The minimum absolute atomic E-state index is 0.00266. The number of nitrogens with one attached hydrogen (secondary N) is 1. The van der Waals surface area contributed by atoms with E-state index in [1.807, 2.05) is 30.3 Å². The van der Waals surface area contributed by atoms with Gasteiger partial charge in [-0.25, -0.2) is 0 Å². The van der Waals surface area contributed by atoms with Crippen molar-refractivity contribution in [2.24, 2.45) is 0 Å². The van der Waals surface area contributed by atoms with Gasteiger partial charge in [0, 0.05) is 24.2 Å². The van der Waals surface area contributed by atoms with Gasteiger partial charge in [-0.15, -0.1) is 0 Å². The zero-order valence-corrected chi connectivity index (χ0v) is 15.1. The summed E-state index contributed by atoms with van der Waals surface area (Å²) in [6.45, 7) is 0.825. The van der Waals surface area contributed by atoms with Crippen LogP contribution in [0, 0.1) is 0 Å². The lowest BCUT2D eigenvalue weighted by molar-refractivity contribution is 0.0924. The largest absolute Gasteiger partial charge is 0.491 e. The first-order valence-corrected chi connectivity index (χ1v) is 9.00. The minimum atomic E-state index is -0.422. The molecule has 0 radical (unpaired) electrons. The molecule has 0 fully saturated rings. The Hall–Kier alpha value is -3.67. The van der Waals surface area contributed by atoms with Gasteiger partial charge >= 0.3 is 0 Å². The average molecular weight is 374 g/mol. The van der Waals surface area contributed by atoms with Crippen molar-refractivity contribution in [3.8, 4) is 5.75 Å². The van der Waals surface area contributed by atoms with Crippen molar-refractivity contribution in [3.63, 3.8) is 0 Å². The Morgan fingerprint density at radius 1 is 1.07 bits per heavy atom. The number of carbonyl (C=O) groups is 1. The fourth-order valence-electron chi connectivity index (χ4n) is 2.95. The maximum absolute atomic E-state index is 12.3. The van der Waals surface area contributed by atoms with Gasteiger partial charge < -0.3 is 14.5 Å². The number of carbonyl (C=O) groups excluding carboxylic acids is 1. The monoisotopic (exact) mass is 374 g/mol. The third-order valence-electron chi connectivity index (χ3n) is 4.32. The van der Waals surface area contributed by atoms with Crippen molar-refractivity contribution in [2.45, 2.75) is 6.42 Å². The number of ether oxygens (including phenoxy) is 1. The molecule has 0 spiro atoms. The normalized spacial score (nSPS) is 10.9. The highest BCUT2D eigenvalue weighted by atomic mass is 16.5. The van der Waals surface area contributed by atoms with Gasteiger partial charge in [-0.1, -0.05) is 30.3 Å². The number of rotatable bonds is 6. The van der Waals surface area contributed by atoms with E-state index in [1.165, 1.54) is 6.07 Å². The van der Waals surface area contributed by atoms with Crippen LogP contribution >= 0.6 is 0 Å². The number of nitrogens with zero attached hydrogens (tertiary/aromatic N) is 1. The number of aromatic nitrogens is 1. The topological polar surface area (TPSA) is 81.4 Å². The van der Waals surface area contributed by atoms with Gasteiger partial charge in [-0.05, 0) is 30.7 Å². The highest BCUT2D eigenvalue weighted by molar-refractivity contribution is 5.93. The van der Waals surface area contributed by atoms with E-state index in [0.717, 1.165) is 10.9 Å². The molecule has 0 unspecified atom stereocenters. The predicted molar refractivity (Wildman–Crippen MR) is 107 cm³/mol. The molecule has 0 aliphatic heterocycles. The first-order valence-electron chi connectivity index (χ1n) is 9.00. The molecular weight excluding hydrogens is 356 g/mol. The summed E-state index contributed by atoms with van der Waals surface area (Å²) in [7, 11) is 0. The summed E-state index contributed by atoms with van der Waals surface area (Å²) in [5, 5.41) is 4.22. The van der Waals surface area contributed by atoms with Crippen molar-refractivity contribution in [2.75, 3.05) is 13.2 Å². The van der Waals surface area contributed by atoms with Crippen molar-refractivity contribution in [1.82, 2.24) is 10.3 Å². The molecule has 6 nitrogen and oxygen atoms in total. The summed E-state index contributed by atoms with van der Waals surface area (Å²) >= 11 is 0. The number of hydrogen-bond acceptors (Lipinski definition) is 5. The number of fused-ring (bicyclic) bond motifs is 2. The van der Waals surface area contributed by atoms with Crippen LogP contribution in [-0.2, 0) is 0 Å². The van der Waals surface area contributed by atoms with Crippen LogP contribution in [0.3, 0.4) is 0 Å². The summed E-state index contributed by atoms with van der Waals surface area (Å²) < 4.78 is 11.3. The van der Waals surface area contributed by atoms with Crippen molar-refractivity contribution < 1.29 is 13.9 Å². The fraction of sp³-hybridized carbons (Fsp3) is 0.136. The Morgan fingerprint density at radius 2 is 1.93 bits per heavy atom. The van der Waals surface area contributed by atoms with E-state index in [9.17, 15) is 9.59 Å². The Labute approximate surface area is 160 Å². The molecule has 0 aliphatic rings. The van der Waals surface area contributed by atoms with Crippen molar-refractivity contribution in [1.29, 1.82) is 0 Å².